The van der Waals surface area contributed by atoms with Crippen LogP contribution in [0, 0.1) is 13.8 Å². The van der Waals surface area contributed by atoms with Crippen molar-refractivity contribution in [2.75, 3.05) is 7.11 Å². The number of aryl methyl sites for hydroxylation is 2. The molecule has 1 aromatic carbocycles. The first-order valence-corrected chi connectivity index (χ1v) is 4.21. The van der Waals surface area contributed by atoms with Gasteiger partial charge >= 0.3 is 6.98 Å². The van der Waals surface area contributed by atoms with Gasteiger partial charge in [-0.1, -0.05) is 11.1 Å². The minimum Gasteiger partial charge on any atom is -0.497 e. The third-order valence-electron chi connectivity index (χ3n) is 2.13. The monoisotopic (exact) mass is 203 g/mol. The van der Waals surface area contributed by atoms with E-state index >= 15 is 0 Å². The van der Waals surface area contributed by atoms with Crippen molar-refractivity contribution in [2.45, 2.75) is 13.8 Å². The van der Waals surface area contributed by atoms with Crippen LogP contribution in [0.2, 0.25) is 0 Å². The van der Waals surface area contributed by atoms with E-state index < -0.39 is 12.4 Å². The fourth-order valence-corrected chi connectivity index (χ4v) is 1.57. The molecule has 0 aliphatic rings. The molecular formula is C9H11BF3O-. The lowest BCUT2D eigenvalue weighted by atomic mass is 9.74. The molecule has 0 atom stereocenters. The van der Waals surface area contributed by atoms with Crippen LogP contribution in [-0.2, 0) is 0 Å². The highest BCUT2D eigenvalue weighted by Crippen LogP contribution is 2.20. The van der Waals surface area contributed by atoms with Gasteiger partial charge < -0.3 is 17.7 Å². The normalized spacial score (nSPS) is 11.6. The van der Waals surface area contributed by atoms with E-state index in [9.17, 15) is 12.9 Å². The number of ether oxygens (including phenoxy) is 1. The number of benzene rings is 1. The molecule has 0 aliphatic heterocycles. The Hall–Kier alpha value is -1.13. The first-order chi connectivity index (χ1) is 6.36. The highest BCUT2D eigenvalue weighted by atomic mass is 19.4. The summed E-state index contributed by atoms with van der Waals surface area (Å²) >= 11 is 0. The molecule has 0 aromatic heterocycles. The van der Waals surface area contributed by atoms with E-state index in [1.807, 2.05) is 0 Å². The minimum atomic E-state index is -4.93. The molecule has 0 spiro atoms. The number of rotatable bonds is 2. The summed E-state index contributed by atoms with van der Waals surface area (Å²) in [5.41, 5.74) is -0.0745. The Balaban J connectivity index is 3.33. The van der Waals surface area contributed by atoms with E-state index in [-0.39, 0.29) is 11.1 Å². The van der Waals surface area contributed by atoms with Crippen LogP contribution in [0.4, 0.5) is 12.9 Å². The van der Waals surface area contributed by atoms with Crippen LogP contribution in [-0.4, -0.2) is 14.1 Å². The zero-order valence-electron chi connectivity index (χ0n) is 8.27. The molecule has 0 aliphatic carbocycles. The maximum atomic E-state index is 12.6. The average Bonchev–Trinajstić information content (AvgIpc) is 1.99. The van der Waals surface area contributed by atoms with Crippen LogP contribution >= 0.6 is 0 Å². The largest absolute Gasteiger partial charge is 0.510 e. The predicted molar refractivity (Wildman–Crippen MR) is 51.2 cm³/mol. The molecule has 1 nitrogen and oxygen atoms in total. The fourth-order valence-electron chi connectivity index (χ4n) is 1.57. The molecule has 0 unspecified atom stereocenters. The Morgan fingerprint density at radius 2 is 1.50 bits per heavy atom. The summed E-state index contributed by atoms with van der Waals surface area (Å²) < 4.78 is 42.6. The van der Waals surface area contributed by atoms with Gasteiger partial charge in [-0.3, -0.25) is 0 Å². The quantitative estimate of drug-likeness (QED) is 0.670. The molecule has 0 N–H and O–H groups in total. The standard InChI is InChI=1S/C9H11BF3O/c1-6-4-8(14-3)5-7(2)9(6)10(11,12)13/h4-5H,1-3H3/q-1. The van der Waals surface area contributed by atoms with Crippen LogP contribution in [0.5, 0.6) is 5.75 Å². The summed E-state index contributed by atoms with van der Waals surface area (Å²) in [4.78, 5) is 0. The van der Waals surface area contributed by atoms with Crippen molar-refractivity contribution in [3.63, 3.8) is 0 Å². The van der Waals surface area contributed by atoms with E-state index in [0.717, 1.165) is 0 Å². The Morgan fingerprint density at radius 1 is 1.07 bits per heavy atom. The Kier molecular flexibility index (Phi) is 2.78. The molecule has 14 heavy (non-hydrogen) atoms. The first-order valence-electron chi connectivity index (χ1n) is 4.21. The molecule has 1 aromatic rings. The summed E-state index contributed by atoms with van der Waals surface area (Å²) in [6, 6.07) is 2.80. The van der Waals surface area contributed by atoms with Crippen LogP contribution in [0.15, 0.2) is 12.1 Å². The average molecular weight is 203 g/mol. The van der Waals surface area contributed by atoms with Crippen LogP contribution in [0.25, 0.3) is 0 Å². The molecule has 0 heterocycles. The van der Waals surface area contributed by atoms with Gasteiger partial charge in [0.1, 0.15) is 5.75 Å². The number of hydrogen-bond donors (Lipinski definition) is 0. The lowest BCUT2D eigenvalue weighted by Crippen LogP contribution is -2.38. The summed E-state index contributed by atoms with van der Waals surface area (Å²) in [5.74, 6) is 0.462. The van der Waals surface area contributed by atoms with Crippen molar-refractivity contribution >= 4 is 12.4 Å². The molecule has 5 heteroatoms. The highest BCUT2D eigenvalue weighted by Gasteiger charge is 2.29. The van der Waals surface area contributed by atoms with Crippen LogP contribution < -0.4 is 10.2 Å². The molecule has 0 amide bonds. The van der Waals surface area contributed by atoms with Crippen molar-refractivity contribution in [2.24, 2.45) is 0 Å². The van der Waals surface area contributed by atoms with Gasteiger partial charge in [-0.25, -0.2) is 0 Å². The van der Waals surface area contributed by atoms with Gasteiger partial charge in [-0.15, -0.1) is 5.46 Å². The summed E-state index contributed by atoms with van der Waals surface area (Å²) in [5, 5.41) is 0. The van der Waals surface area contributed by atoms with Gasteiger partial charge in [-0.2, -0.15) is 0 Å². The van der Waals surface area contributed by atoms with Crippen molar-refractivity contribution in [1.82, 2.24) is 0 Å². The second-order valence-electron chi connectivity index (χ2n) is 3.25. The smallest absolute Gasteiger partial charge is 0.497 e. The predicted octanol–water partition coefficient (Wildman–Crippen LogP) is 2.37. The van der Waals surface area contributed by atoms with E-state index in [1.54, 1.807) is 0 Å². The van der Waals surface area contributed by atoms with Gasteiger partial charge in [-0.05, 0) is 26.0 Å². The first kappa shape index (κ1) is 11.0. The molecule has 0 fully saturated rings. The van der Waals surface area contributed by atoms with E-state index in [2.05, 4.69) is 0 Å². The van der Waals surface area contributed by atoms with E-state index in [1.165, 1.54) is 33.1 Å². The summed E-state index contributed by atoms with van der Waals surface area (Å²) in [6.45, 7) is -2.04. The van der Waals surface area contributed by atoms with Crippen molar-refractivity contribution in [1.29, 1.82) is 0 Å². The van der Waals surface area contributed by atoms with Gasteiger partial charge in [0.2, 0.25) is 0 Å². The van der Waals surface area contributed by atoms with Gasteiger partial charge in [0, 0.05) is 0 Å². The SMILES string of the molecule is COc1cc(C)c([B-](F)(F)F)c(C)c1. The third-order valence-corrected chi connectivity index (χ3v) is 2.13. The highest BCUT2D eigenvalue weighted by molar-refractivity contribution is 6.74. The van der Waals surface area contributed by atoms with Gasteiger partial charge in [0.15, 0.2) is 0 Å². The molecule has 0 bridgehead atoms. The second kappa shape index (κ2) is 3.56. The number of methoxy groups -OCH3 is 1. The maximum absolute atomic E-state index is 12.6. The van der Waals surface area contributed by atoms with Crippen molar-refractivity contribution in [3.05, 3.63) is 23.3 Å². The molecular weight excluding hydrogens is 192 g/mol. The molecule has 78 valence electrons. The molecule has 0 saturated carbocycles. The zero-order chi connectivity index (χ0) is 10.9. The van der Waals surface area contributed by atoms with Gasteiger partial charge in [0.25, 0.3) is 0 Å². The Bertz CT molecular complexity index is 323. The maximum Gasteiger partial charge on any atom is 0.510 e. The van der Waals surface area contributed by atoms with Crippen LogP contribution in [0.1, 0.15) is 11.1 Å². The van der Waals surface area contributed by atoms with Crippen molar-refractivity contribution in [3.8, 4) is 5.75 Å². The molecule has 0 radical (unpaired) electrons. The van der Waals surface area contributed by atoms with E-state index in [4.69, 9.17) is 4.74 Å². The lowest BCUT2D eigenvalue weighted by Gasteiger charge is -2.21. The Morgan fingerprint density at radius 3 is 1.79 bits per heavy atom. The molecule has 0 saturated heterocycles. The zero-order valence-corrected chi connectivity index (χ0v) is 8.27. The number of halogens is 3. The summed E-state index contributed by atoms with van der Waals surface area (Å²) in [7, 11) is 1.44. The minimum absolute atomic E-state index is 0.217. The lowest BCUT2D eigenvalue weighted by molar-refractivity contribution is 0.414. The van der Waals surface area contributed by atoms with Crippen LogP contribution in [0.3, 0.4) is 0 Å². The van der Waals surface area contributed by atoms with Crippen molar-refractivity contribution < 1.29 is 17.7 Å². The van der Waals surface area contributed by atoms with Gasteiger partial charge in [0.05, 0.1) is 7.11 Å². The Labute approximate surface area is 80.9 Å². The molecule has 1 rings (SSSR count). The third kappa shape index (κ3) is 2.03. The second-order valence-corrected chi connectivity index (χ2v) is 3.25. The van der Waals surface area contributed by atoms with E-state index in [0.29, 0.717) is 5.75 Å². The summed E-state index contributed by atoms with van der Waals surface area (Å²) in [6.07, 6.45) is 0. The topological polar surface area (TPSA) is 9.23 Å². The number of hydrogen-bond acceptors (Lipinski definition) is 1. The fraction of sp³-hybridized carbons (Fsp3) is 0.333.